The number of hydrogen-bond acceptors (Lipinski definition) is 5. The zero-order chi connectivity index (χ0) is 16.8. The van der Waals surface area contributed by atoms with Crippen LogP contribution in [0.2, 0.25) is 5.02 Å². The van der Waals surface area contributed by atoms with Crippen LogP contribution in [0.5, 0.6) is 5.88 Å². The maximum Gasteiger partial charge on any atom is 0.340 e. The molecule has 23 heavy (non-hydrogen) atoms. The Bertz CT molecular complexity index is 730. The van der Waals surface area contributed by atoms with Gasteiger partial charge in [-0.2, -0.15) is 0 Å². The molecule has 0 unspecified atom stereocenters. The van der Waals surface area contributed by atoms with Crippen molar-refractivity contribution in [3.63, 3.8) is 0 Å². The fourth-order valence-corrected chi connectivity index (χ4v) is 1.93. The minimum atomic E-state index is -0.590. The van der Waals surface area contributed by atoms with Crippen LogP contribution in [0, 0.1) is 5.82 Å². The number of benzene rings is 1. The van der Waals surface area contributed by atoms with Gasteiger partial charge < -0.3 is 14.2 Å². The van der Waals surface area contributed by atoms with E-state index in [0.717, 1.165) is 0 Å². The third-order valence-electron chi connectivity index (χ3n) is 2.78. The van der Waals surface area contributed by atoms with Gasteiger partial charge in [-0.3, -0.25) is 0 Å². The lowest BCUT2D eigenvalue weighted by Crippen LogP contribution is -2.13. The quantitative estimate of drug-likeness (QED) is 0.459. The molecule has 0 amide bonds. The van der Waals surface area contributed by atoms with Crippen LogP contribution in [-0.2, 0) is 14.3 Å². The van der Waals surface area contributed by atoms with Crippen molar-refractivity contribution in [1.29, 1.82) is 0 Å². The lowest BCUT2D eigenvalue weighted by Gasteiger charge is -2.06. The molecule has 0 atom stereocenters. The molecular formula is C15H14ClFN2O4. The van der Waals surface area contributed by atoms with E-state index in [9.17, 15) is 9.18 Å². The van der Waals surface area contributed by atoms with Gasteiger partial charge in [0.2, 0.25) is 0 Å². The molecule has 0 saturated heterocycles. The number of ether oxygens (including phenoxy) is 3. The second kappa shape index (κ2) is 7.64. The van der Waals surface area contributed by atoms with Crippen LogP contribution < -0.4 is 4.74 Å². The first-order chi connectivity index (χ1) is 11.0. The summed E-state index contributed by atoms with van der Waals surface area (Å²) in [6.07, 6.45) is 2.69. The Morgan fingerprint density at radius 3 is 2.87 bits per heavy atom. The van der Waals surface area contributed by atoms with Crippen molar-refractivity contribution < 1.29 is 23.4 Å². The van der Waals surface area contributed by atoms with Gasteiger partial charge in [-0.05, 0) is 18.2 Å². The van der Waals surface area contributed by atoms with Crippen molar-refractivity contribution in [2.45, 2.75) is 0 Å². The number of methoxy groups -OCH3 is 2. The second-order valence-electron chi connectivity index (χ2n) is 4.37. The van der Waals surface area contributed by atoms with Gasteiger partial charge in [0, 0.05) is 0 Å². The van der Waals surface area contributed by atoms with Crippen molar-refractivity contribution in [2.24, 2.45) is 0 Å². The lowest BCUT2D eigenvalue weighted by molar-refractivity contribution is -0.136. The molecule has 1 aromatic carbocycles. The van der Waals surface area contributed by atoms with Crippen molar-refractivity contribution in [3.8, 4) is 11.6 Å². The number of halogens is 2. The van der Waals surface area contributed by atoms with Crippen molar-refractivity contribution in [1.82, 2.24) is 9.78 Å². The van der Waals surface area contributed by atoms with Gasteiger partial charge in [0.1, 0.15) is 23.0 Å². The van der Waals surface area contributed by atoms with E-state index in [2.05, 4.69) is 9.84 Å². The Labute approximate surface area is 137 Å². The van der Waals surface area contributed by atoms with Gasteiger partial charge in [-0.25, -0.2) is 13.9 Å². The smallest absolute Gasteiger partial charge is 0.340 e. The minimum absolute atomic E-state index is 0.0989. The van der Waals surface area contributed by atoms with Gasteiger partial charge in [-0.1, -0.05) is 17.7 Å². The van der Waals surface area contributed by atoms with Crippen LogP contribution in [0.4, 0.5) is 4.39 Å². The van der Waals surface area contributed by atoms with Crippen molar-refractivity contribution >= 4 is 17.6 Å². The summed E-state index contributed by atoms with van der Waals surface area (Å²) in [5, 5.41) is 4.33. The average molecular weight is 341 g/mol. The van der Waals surface area contributed by atoms with Gasteiger partial charge >= 0.3 is 5.97 Å². The van der Waals surface area contributed by atoms with E-state index >= 15 is 0 Å². The molecule has 1 heterocycles. The minimum Gasteiger partial charge on any atom is -0.504 e. The zero-order valence-electron chi connectivity index (χ0n) is 12.5. The number of aromatic nitrogens is 2. The molecule has 0 spiro atoms. The van der Waals surface area contributed by atoms with E-state index < -0.39 is 11.8 Å². The fraction of sp³-hybridized carbons (Fsp3) is 0.200. The molecule has 0 aliphatic heterocycles. The zero-order valence-corrected chi connectivity index (χ0v) is 13.2. The van der Waals surface area contributed by atoms with Crippen molar-refractivity contribution in [3.05, 3.63) is 53.1 Å². The summed E-state index contributed by atoms with van der Waals surface area (Å²) >= 11 is 6.04. The Balaban J connectivity index is 2.15. The normalized spacial score (nSPS) is 11.2. The maximum atomic E-state index is 13.2. The Kier molecular flexibility index (Phi) is 5.59. The van der Waals surface area contributed by atoms with Crippen LogP contribution in [0.3, 0.4) is 0 Å². The molecule has 0 saturated carbocycles. The standard InChI is InChI=1S/C15H14ClFN2O4/c1-21-8-10(15(20)22-2)9-23-14-13(16)7-19(18-14)12-5-3-4-11(17)6-12/h3-8H,9H2,1-2H3. The Hall–Kier alpha value is -2.54. The molecule has 8 heteroatoms. The number of rotatable bonds is 6. The summed E-state index contributed by atoms with van der Waals surface area (Å²) in [4.78, 5) is 11.5. The molecule has 0 radical (unpaired) electrons. The van der Waals surface area contributed by atoms with E-state index in [-0.39, 0.29) is 23.1 Å². The average Bonchev–Trinajstić information content (AvgIpc) is 2.92. The molecule has 6 nitrogen and oxygen atoms in total. The van der Waals surface area contributed by atoms with Gasteiger partial charge in [0.25, 0.3) is 5.88 Å². The summed E-state index contributed by atoms with van der Waals surface area (Å²) < 4.78 is 29.4. The van der Waals surface area contributed by atoms with Gasteiger partial charge in [-0.15, -0.1) is 5.10 Å². The van der Waals surface area contributed by atoms with Gasteiger partial charge in [0.05, 0.1) is 32.4 Å². The third-order valence-corrected chi connectivity index (χ3v) is 3.04. The SMILES string of the molecule is COC=C(COc1nn(-c2cccc(F)c2)cc1Cl)C(=O)OC. The topological polar surface area (TPSA) is 62.6 Å². The summed E-state index contributed by atoms with van der Waals surface area (Å²) in [6, 6.07) is 5.85. The van der Waals surface area contributed by atoms with Crippen LogP contribution in [-0.4, -0.2) is 36.6 Å². The van der Waals surface area contributed by atoms with E-state index in [1.807, 2.05) is 0 Å². The van der Waals surface area contributed by atoms with E-state index in [1.165, 1.54) is 43.5 Å². The van der Waals surface area contributed by atoms with Crippen LogP contribution >= 0.6 is 11.6 Å². The van der Waals surface area contributed by atoms with E-state index in [4.69, 9.17) is 21.1 Å². The predicted molar refractivity (Wildman–Crippen MR) is 81.1 cm³/mol. The molecular weight excluding hydrogens is 327 g/mol. The molecule has 1 aromatic heterocycles. The largest absolute Gasteiger partial charge is 0.504 e. The Morgan fingerprint density at radius 1 is 1.43 bits per heavy atom. The first kappa shape index (κ1) is 16.8. The maximum absolute atomic E-state index is 13.2. The van der Waals surface area contributed by atoms with E-state index in [0.29, 0.717) is 5.69 Å². The highest BCUT2D eigenvalue weighted by molar-refractivity contribution is 6.31. The Morgan fingerprint density at radius 2 is 2.22 bits per heavy atom. The highest BCUT2D eigenvalue weighted by Gasteiger charge is 2.15. The summed E-state index contributed by atoms with van der Waals surface area (Å²) in [5.74, 6) is -0.887. The van der Waals surface area contributed by atoms with Crippen LogP contribution in [0.15, 0.2) is 42.3 Å². The third kappa shape index (κ3) is 4.23. The summed E-state index contributed by atoms with van der Waals surface area (Å²) in [6.45, 7) is -0.138. The van der Waals surface area contributed by atoms with E-state index in [1.54, 1.807) is 12.1 Å². The molecule has 0 bridgehead atoms. The second-order valence-corrected chi connectivity index (χ2v) is 4.77. The highest BCUT2D eigenvalue weighted by atomic mass is 35.5. The van der Waals surface area contributed by atoms with Crippen LogP contribution in [0.1, 0.15) is 0 Å². The van der Waals surface area contributed by atoms with Gasteiger partial charge in [0.15, 0.2) is 0 Å². The lowest BCUT2D eigenvalue weighted by atomic mass is 10.3. The highest BCUT2D eigenvalue weighted by Crippen LogP contribution is 2.24. The molecule has 0 aliphatic carbocycles. The number of esters is 1. The molecule has 2 rings (SSSR count). The monoisotopic (exact) mass is 340 g/mol. The first-order valence-electron chi connectivity index (χ1n) is 6.49. The number of hydrogen-bond donors (Lipinski definition) is 0. The number of carbonyl (C=O) groups is 1. The molecule has 0 N–H and O–H groups in total. The molecule has 122 valence electrons. The summed E-state index contributed by atoms with van der Waals surface area (Å²) in [7, 11) is 2.64. The summed E-state index contributed by atoms with van der Waals surface area (Å²) in [5.41, 5.74) is 0.647. The van der Waals surface area contributed by atoms with Crippen LogP contribution in [0.25, 0.3) is 5.69 Å². The first-order valence-corrected chi connectivity index (χ1v) is 6.87. The van der Waals surface area contributed by atoms with Crippen molar-refractivity contribution in [2.75, 3.05) is 20.8 Å². The molecule has 0 aliphatic rings. The molecule has 2 aromatic rings. The number of nitrogens with zero attached hydrogens (tertiary/aromatic N) is 2. The molecule has 0 fully saturated rings. The fourth-order valence-electron chi connectivity index (χ4n) is 1.75. The predicted octanol–water partition coefficient (Wildman–Crippen LogP) is 2.75. The number of carbonyl (C=O) groups excluding carboxylic acids is 1.